The van der Waals surface area contributed by atoms with Crippen molar-refractivity contribution in [1.82, 2.24) is 0 Å². The lowest BCUT2D eigenvalue weighted by atomic mass is 10.1. The zero-order valence-electron chi connectivity index (χ0n) is 8.83. The molecule has 0 saturated carbocycles. The van der Waals surface area contributed by atoms with Gasteiger partial charge in [0.05, 0.1) is 11.4 Å². The fourth-order valence-corrected chi connectivity index (χ4v) is 1.13. The second-order valence-electron chi connectivity index (χ2n) is 3.36. The lowest BCUT2D eigenvalue weighted by Gasteiger charge is -2.07. The van der Waals surface area contributed by atoms with E-state index < -0.39 is 11.7 Å². The Morgan fingerprint density at radius 2 is 1.47 bits per heavy atom. The molecule has 0 saturated heterocycles. The molecule has 0 amide bonds. The third-order valence-electron chi connectivity index (χ3n) is 2.00. The van der Waals surface area contributed by atoms with Crippen LogP contribution >= 0.6 is 0 Å². The summed E-state index contributed by atoms with van der Waals surface area (Å²) in [5.74, 6) is 0.0693. The van der Waals surface area contributed by atoms with Crippen molar-refractivity contribution >= 4 is 5.70 Å². The predicted octanol–water partition coefficient (Wildman–Crippen LogP) is 1.76. The predicted molar refractivity (Wildman–Crippen MR) is 60.1 cm³/mol. The van der Waals surface area contributed by atoms with E-state index in [2.05, 4.69) is 0 Å². The van der Waals surface area contributed by atoms with Crippen molar-refractivity contribution in [3.8, 4) is 0 Å². The summed E-state index contributed by atoms with van der Waals surface area (Å²) in [6, 6.07) is 4.50. The lowest BCUT2D eigenvalue weighted by molar-refractivity contribution is -0.137. The number of allylic oxidation sites excluding steroid dienone is 2. The third kappa shape index (κ3) is 3.75. The van der Waals surface area contributed by atoms with Gasteiger partial charge in [0.25, 0.3) is 0 Å². The van der Waals surface area contributed by atoms with E-state index >= 15 is 0 Å². The van der Waals surface area contributed by atoms with E-state index in [0.29, 0.717) is 5.56 Å². The number of rotatable bonds is 2. The van der Waals surface area contributed by atoms with Crippen LogP contribution in [0.4, 0.5) is 13.2 Å². The molecule has 0 unspecified atom stereocenters. The summed E-state index contributed by atoms with van der Waals surface area (Å²) in [6.45, 7) is 0. The topological polar surface area (TPSA) is 78.1 Å². The average Bonchev–Trinajstić information content (AvgIpc) is 2.25. The summed E-state index contributed by atoms with van der Waals surface area (Å²) < 4.78 is 36.9. The first-order chi connectivity index (χ1) is 7.80. The zero-order valence-corrected chi connectivity index (χ0v) is 8.83. The van der Waals surface area contributed by atoms with Crippen molar-refractivity contribution < 1.29 is 13.2 Å². The molecule has 1 aromatic carbocycles. The number of benzene rings is 1. The first-order valence-corrected chi connectivity index (χ1v) is 4.67. The molecule has 0 bridgehead atoms. The highest BCUT2D eigenvalue weighted by Gasteiger charge is 2.29. The molecule has 0 spiro atoms. The Morgan fingerprint density at radius 1 is 0.941 bits per heavy atom. The summed E-state index contributed by atoms with van der Waals surface area (Å²) in [5.41, 5.74) is 16.0. The standard InChI is InChI=1S/C11H12F3N3/c12-11(13,14)8-3-1-7(2-4-8)9(15)5-6-10(16)17/h1-6H,15-17H2/b9-5-. The van der Waals surface area contributed by atoms with E-state index in [-0.39, 0.29) is 11.5 Å². The van der Waals surface area contributed by atoms with Crippen LogP contribution in [0.1, 0.15) is 11.1 Å². The maximum absolute atomic E-state index is 12.3. The Kier molecular flexibility index (Phi) is 3.67. The van der Waals surface area contributed by atoms with Crippen LogP contribution in [0.2, 0.25) is 0 Å². The average molecular weight is 243 g/mol. The van der Waals surface area contributed by atoms with Crippen LogP contribution in [0.15, 0.2) is 42.2 Å². The van der Waals surface area contributed by atoms with Gasteiger partial charge in [-0.25, -0.2) is 0 Å². The molecule has 0 fully saturated rings. The van der Waals surface area contributed by atoms with Crippen molar-refractivity contribution in [2.75, 3.05) is 0 Å². The molecule has 1 aromatic rings. The van der Waals surface area contributed by atoms with Gasteiger partial charge in [-0.2, -0.15) is 13.2 Å². The van der Waals surface area contributed by atoms with Crippen molar-refractivity contribution in [2.45, 2.75) is 6.18 Å². The largest absolute Gasteiger partial charge is 0.416 e. The summed E-state index contributed by atoms with van der Waals surface area (Å²) in [5, 5.41) is 0. The fraction of sp³-hybridized carbons (Fsp3) is 0.0909. The van der Waals surface area contributed by atoms with Gasteiger partial charge < -0.3 is 17.2 Å². The molecule has 3 nitrogen and oxygen atoms in total. The van der Waals surface area contributed by atoms with Gasteiger partial charge in [-0.3, -0.25) is 0 Å². The van der Waals surface area contributed by atoms with Crippen LogP contribution in [0.3, 0.4) is 0 Å². The van der Waals surface area contributed by atoms with Crippen molar-refractivity contribution in [3.63, 3.8) is 0 Å². The monoisotopic (exact) mass is 243 g/mol. The molecule has 0 aliphatic heterocycles. The van der Waals surface area contributed by atoms with Crippen LogP contribution in [0.25, 0.3) is 5.70 Å². The summed E-state index contributed by atoms with van der Waals surface area (Å²) in [7, 11) is 0. The number of nitrogens with two attached hydrogens (primary N) is 3. The Morgan fingerprint density at radius 3 is 1.88 bits per heavy atom. The molecule has 0 aliphatic carbocycles. The maximum Gasteiger partial charge on any atom is 0.416 e. The Hall–Kier alpha value is -2.11. The molecule has 0 radical (unpaired) electrons. The minimum absolute atomic E-state index is 0.0693. The highest BCUT2D eigenvalue weighted by atomic mass is 19.4. The van der Waals surface area contributed by atoms with Crippen LogP contribution in [0, 0.1) is 0 Å². The van der Waals surface area contributed by atoms with Gasteiger partial charge in [-0.1, -0.05) is 12.1 Å². The molecule has 6 N–H and O–H groups in total. The van der Waals surface area contributed by atoms with Crippen LogP contribution < -0.4 is 17.2 Å². The molecular formula is C11H12F3N3. The fourth-order valence-electron chi connectivity index (χ4n) is 1.13. The van der Waals surface area contributed by atoms with Gasteiger partial charge >= 0.3 is 6.18 Å². The summed E-state index contributed by atoms with van der Waals surface area (Å²) in [4.78, 5) is 0. The zero-order chi connectivity index (χ0) is 13.1. The number of hydrogen-bond donors (Lipinski definition) is 3. The number of hydrogen-bond acceptors (Lipinski definition) is 3. The second-order valence-corrected chi connectivity index (χ2v) is 3.36. The van der Waals surface area contributed by atoms with Gasteiger partial charge in [0.1, 0.15) is 0 Å². The smallest absolute Gasteiger partial charge is 0.398 e. The lowest BCUT2D eigenvalue weighted by Crippen LogP contribution is -2.07. The minimum atomic E-state index is -4.35. The second kappa shape index (κ2) is 4.82. The van der Waals surface area contributed by atoms with E-state index in [4.69, 9.17) is 17.2 Å². The SMILES string of the molecule is NC(N)=C/C=C(\N)c1ccc(C(F)(F)F)cc1. The first-order valence-electron chi connectivity index (χ1n) is 4.67. The van der Waals surface area contributed by atoms with Crippen LogP contribution in [-0.4, -0.2) is 0 Å². The quantitative estimate of drug-likeness (QED) is 0.692. The highest BCUT2D eigenvalue weighted by molar-refractivity contribution is 5.64. The third-order valence-corrected chi connectivity index (χ3v) is 2.00. The minimum Gasteiger partial charge on any atom is -0.398 e. The van der Waals surface area contributed by atoms with Gasteiger partial charge in [0, 0.05) is 5.70 Å². The van der Waals surface area contributed by atoms with Crippen molar-refractivity contribution in [3.05, 3.63) is 53.4 Å². The molecule has 0 heterocycles. The van der Waals surface area contributed by atoms with Crippen molar-refractivity contribution in [2.24, 2.45) is 17.2 Å². The molecule has 0 aromatic heterocycles. The van der Waals surface area contributed by atoms with Gasteiger partial charge in [0.2, 0.25) is 0 Å². The highest BCUT2D eigenvalue weighted by Crippen LogP contribution is 2.29. The number of halogens is 3. The van der Waals surface area contributed by atoms with E-state index in [0.717, 1.165) is 12.1 Å². The van der Waals surface area contributed by atoms with E-state index in [1.54, 1.807) is 0 Å². The van der Waals surface area contributed by atoms with Crippen molar-refractivity contribution in [1.29, 1.82) is 0 Å². The summed E-state index contributed by atoms with van der Waals surface area (Å²) in [6.07, 6.45) is -1.55. The number of alkyl halides is 3. The summed E-state index contributed by atoms with van der Waals surface area (Å²) >= 11 is 0. The van der Waals surface area contributed by atoms with Crippen LogP contribution in [-0.2, 0) is 6.18 Å². The normalized spacial score (nSPS) is 12.3. The molecule has 0 atom stereocenters. The van der Waals surface area contributed by atoms with E-state index in [1.165, 1.54) is 24.3 Å². The molecular weight excluding hydrogens is 231 g/mol. The van der Waals surface area contributed by atoms with E-state index in [1.807, 2.05) is 0 Å². The molecule has 6 heteroatoms. The van der Waals surface area contributed by atoms with Gasteiger partial charge in [-0.05, 0) is 29.8 Å². The van der Waals surface area contributed by atoms with E-state index in [9.17, 15) is 13.2 Å². The van der Waals surface area contributed by atoms with Gasteiger partial charge in [-0.15, -0.1) is 0 Å². The Bertz CT molecular complexity index is 440. The molecule has 17 heavy (non-hydrogen) atoms. The Balaban J connectivity index is 2.96. The molecule has 1 rings (SSSR count). The molecule has 92 valence electrons. The maximum atomic E-state index is 12.3. The van der Waals surface area contributed by atoms with Gasteiger partial charge in [0.15, 0.2) is 0 Å². The first kappa shape index (κ1) is 13.0. The Labute approximate surface area is 96.4 Å². The molecule has 0 aliphatic rings. The van der Waals surface area contributed by atoms with Crippen LogP contribution in [0.5, 0.6) is 0 Å².